The molecular formula is C11H15N3O2. The van der Waals surface area contributed by atoms with Crippen molar-refractivity contribution in [1.82, 2.24) is 15.0 Å². The van der Waals surface area contributed by atoms with Gasteiger partial charge in [-0.15, -0.1) is 0 Å². The second-order valence-corrected chi connectivity index (χ2v) is 4.02. The number of aryl methyl sites for hydroxylation is 1. The topological polar surface area (TPSA) is 55.3 Å². The molecule has 1 aliphatic rings. The number of carbonyl (C=O) groups excluding carboxylic acids is 1. The Morgan fingerprint density at radius 1 is 1.62 bits per heavy atom. The summed E-state index contributed by atoms with van der Waals surface area (Å²) in [7, 11) is 3.10. The van der Waals surface area contributed by atoms with Crippen LogP contribution in [-0.2, 0) is 9.63 Å². The summed E-state index contributed by atoms with van der Waals surface area (Å²) in [5.74, 6) is 0.900. The highest BCUT2D eigenvalue weighted by Crippen LogP contribution is 2.46. The normalized spacial score (nSPS) is 22.9. The smallest absolute Gasteiger partial charge is 0.249 e. The van der Waals surface area contributed by atoms with Gasteiger partial charge in [0.15, 0.2) is 0 Å². The maximum absolute atomic E-state index is 11.8. The summed E-state index contributed by atoms with van der Waals surface area (Å²) < 4.78 is 0. The van der Waals surface area contributed by atoms with Gasteiger partial charge in [-0.2, -0.15) is 0 Å². The summed E-state index contributed by atoms with van der Waals surface area (Å²) in [5.41, 5.74) is 0.934. The third-order valence-electron chi connectivity index (χ3n) is 2.84. The molecule has 5 heteroatoms. The Hall–Kier alpha value is -1.49. The fourth-order valence-electron chi connectivity index (χ4n) is 1.72. The van der Waals surface area contributed by atoms with Crippen LogP contribution >= 0.6 is 0 Å². The van der Waals surface area contributed by atoms with Gasteiger partial charge < -0.3 is 0 Å². The van der Waals surface area contributed by atoms with Crippen molar-refractivity contribution in [2.75, 3.05) is 14.2 Å². The highest BCUT2D eigenvalue weighted by molar-refractivity contribution is 5.81. The fraction of sp³-hybridized carbons (Fsp3) is 0.545. The van der Waals surface area contributed by atoms with Gasteiger partial charge in [-0.3, -0.25) is 9.63 Å². The molecule has 0 unspecified atom stereocenters. The Morgan fingerprint density at radius 3 is 3.00 bits per heavy atom. The first kappa shape index (κ1) is 11.0. The number of amides is 1. The Morgan fingerprint density at radius 2 is 2.38 bits per heavy atom. The zero-order valence-electron chi connectivity index (χ0n) is 9.67. The quantitative estimate of drug-likeness (QED) is 0.712. The first-order chi connectivity index (χ1) is 7.63. The molecule has 86 valence electrons. The van der Waals surface area contributed by atoms with Crippen LogP contribution < -0.4 is 0 Å². The van der Waals surface area contributed by atoms with Gasteiger partial charge in [-0.25, -0.2) is 15.0 Å². The zero-order chi connectivity index (χ0) is 11.7. The second-order valence-electron chi connectivity index (χ2n) is 4.02. The minimum Gasteiger partial charge on any atom is -0.275 e. The molecule has 2 rings (SSSR count). The van der Waals surface area contributed by atoms with Crippen molar-refractivity contribution in [2.45, 2.75) is 19.3 Å². The molecule has 0 radical (unpaired) electrons. The van der Waals surface area contributed by atoms with Crippen molar-refractivity contribution >= 4 is 5.91 Å². The summed E-state index contributed by atoms with van der Waals surface area (Å²) in [4.78, 5) is 25.1. The van der Waals surface area contributed by atoms with Gasteiger partial charge in [0.05, 0.1) is 13.0 Å². The number of aromatic nitrogens is 2. The molecule has 1 amide bonds. The average Bonchev–Trinajstić information content (AvgIpc) is 3.07. The molecule has 1 saturated carbocycles. The van der Waals surface area contributed by atoms with E-state index in [1.807, 2.05) is 13.0 Å². The Bertz CT molecular complexity index is 408. The number of hydrogen-bond acceptors (Lipinski definition) is 4. The molecule has 2 atom stereocenters. The Kier molecular flexibility index (Phi) is 2.87. The van der Waals surface area contributed by atoms with E-state index >= 15 is 0 Å². The van der Waals surface area contributed by atoms with E-state index in [4.69, 9.17) is 4.84 Å². The molecule has 1 heterocycles. The van der Waals surface area contributed by atoms with E-state index in [0.29, 0.717) is 0 Å². The number of hydrogen-bond donors (Lipinski definition) is 0. The van der Waals surface area contributed by atoms with Crippen LogP contribution in [0.4, 0.5) is 0 Å². The second kappa shape index (κ2) is 4.17. The fourth-order valence-corrected chi connectivity index (χ4v) is 1.72. The number of carbonyl (C=O) groups is 1. The SMILES string of the molecule is CON(C)C(=O)[C@H]1C[C@@H]1c1nccc(C)n1. The van der Waals surface area contributed by atoms with Crippen LogP contribution in [0.2, 0.25) is 0 Å². The lowest BCUT2D eigenvalue weighted by Crippen LogP contribution is -2.27. The highest BCUT2D eigenvalue weighted by Gasteiger charge is 2.47. The largest absolute Gasteiger partial charge is 0.275 e. The van der Waals surface area contributed by atoms with Crippen LogP contribution in [0.3, 0.4) is 0 Å². The van der Waals surface area contributed by atoms with Gasteiger partial charge in [0.1, 0.15) is 5.82 Å². The average molecular weight is 221 g/mol. The van der Waals surface area contributed by atoms with Crippen molar-refractivity contribution in [2.24, 2.45) is 5.92 Å². The Labute approximate surface area is 94.4 Å². The molecule has 1 aliphatic carbocycles. The molecule has 0 bridgehead atoms. The number of nitrogens with zero attached hydrogens (tertiary/aromatic N) is 3. The van der Waals surface area contributed by atoms with Gasteiger partial charge in [-0.05, 0) is 19.4 Å². The van der Waals surface area contributed by atoms with E-state index < -0.39 is 0 Å². The van der Waals surface area contributed by atoms with E-state index in [9.17, 15) is 4.79 Å². The number of hydroxylamine groups is 2. The van der Waals surface area contributed by atoms with Gasteiger partial charge >= 0.3 is 0 Å². The standard InChI is InChI=1S/C11H15N3O2/c1-7-4-5-12-10(13-7)8-6-9(8)11(15)14(2)16-3/h4-5,8-9H,6H2,1-3H3/t8-,9-/m0/s1. The van der Waals surface area contributed by atoms with Crippen molar-refractivity contribution in [1.29, 1.82) is 0 Å². The van der Waals surface area contributed by atoms with Crippen molar-refractivity contribution < 1.29 is 9.63 Å². The van der Waals surface area contributed by atoms with E-state index in [0.717, 1.165) is 17.9 Å². The summed E-state index contributed by atoms with van der Waals surface area (Å²) in [6.07, 6.45) is 2.55. The third-order valence-corrected chi connectivity index (χ3v) is 2.84. The van der Waals surface area contributed by atoms with Crippen LogP contribution in [0.5, 0.6) is 0 Å². The summed E-state index contributed by atoms with van der Waals surface area (Å²) in [6.45, 7) is 1.92. The lowest BCUT2D eigenvalue weighted by molar-refractivity contribution is -0.170. The molecule has 16 heavy (non-hydrogen) atoms. The summed E-state index contributed by atoms with van der Waals surface area (Å²) in [5, 5.41) is 1.26. The molecule has 5 nitrogen and oxygen atoms in total. The van der Waals surface area contributed by atoms with E-state index in [-0.39, 0.29) is 17.7 Å². The maximum Gasteiger partial charge on any atom is 0.249 e. The van der Waals surface area contributed by atoms with Gasteiger partial charge in [0.2, 0.25) is 5.91 Å². The minimum atomic E-state index is -0.0215. The number of rotatable bonds is 3. The molecule has 1 aromatic rings. The molecule has 0 saturated heterocycles. The molecule has 0 aliphatic heterocycles. The lowest BCUT2D eigenvalue weighted by atomic mass is 10.2. The van der Waals surface area contributed by atoms with E-state index in [1.54, 1.807) is 13.2 Å². The monoisotopic (exact) mass is 221 g/mol. The van der Waals surface area contributed by atoms with Crippen molar-refractivity contribution in [3.8, 4) is 0 Å². The first-order valence-corrected chi connectivity index (χ1v) is 5.24. The first-order valence-electron chi connectivity index (χ1n) is 5.24. The molecule has 0 spiro atoms. The molecular weight excluding hydrogens is 206 g/mol. The van der Waals surface area contributed by atoms with Gasteiger partial charge in [0, 0.05) is 24.9 Å². The summed E-state index contributed by atoms with van der Waals surface area (Å²) >= 11 is 0. The zero-order valence-corrected chi connectivity index (χ0v) is 9.67. The highest BCUT2D eigenvalue weighted by atomic mass is 16.7. The van der Waals surface area contributed by atoms with Crippen LogP contribution in [0.1, 0.15) is 23.9 Å². The molecule has 1 fully saturated rings. The minimum absolute atomic E-state index is 0.00222. The lowest BCUT2D eigenvalue weighted by Gasteiger charge is -2.12. The van der Waals surface area contributed by atoms with Gasteiger partial charge in [0.25, 0.3) is 0 Å². The van der Waals surface area contributed by atoms with Crippen LogP contribution in [0.25, 0.3) is 0 Å². The molecule has 0 aromatic carbocycles. The van der Waals surface area contributed by atoms with Gasteiger partial charge in [-0.1, -0.05) is 0 Å². The molecule has 1 aromatic heterocycles. The van der Waals surface area contributed by atoms with Crippen LogP contribution in [0, 0.1) is 12.8 Å². The van der Waals surface area contributed by atoms with Crippen LogP contribution in [0.15, 0.2) is 12.3 Å². The predicted molar refractivity (Wildman–Crippen MR) is 57.4 cm³/mol. The van der Waals surface area contributed by atoms with Crippen LogP contribution in [-0.4, -0.2) is 35.1 Å². The Balaban J connectivity index is 2.04. The van der Waals surface area contributed by atoms with E-state index in [2.05, 4.69) is 9.97 Å². The van der Waals surface area contributed by atoms with E-state index in [1.165, 1.54) is 12.2 Å². The predicted octanol–water partition coefficient (Wildman–Crippen LogP) is 0.908. The maximum atomic E-state index is 11.8. The third kappa shape index (κ3) is 2.04. The van der Waals surface area contributed by atoms with Crippen molar-refractivity contribution in [3.63, 3.8) is 0 Å². The van der Waals surface area contributed by atoms with Crippen molar-refractivity contribution in [3.05, 3.63) is 23.8 Å². The molecule has 0 N–H and O–H groups in total. The summed E-state index contributed by atoms with van der Waals surface area (Å²) in [6, 6.07) is 1.85.